The van der Waals surface area contributed by atoms with E-state index in [2.05, 4.69) is 9.98 Å². The molecule has 0 aromatic rings. The number of ether oxygens (including phenoxy) is 2. The molecule has 0 saturated carbocycles. The molecule has 0 atom stereocenters. The largest absolute Gasteiger partial charge is 1.00 e. The van der Waals surface area contributed by atoms with E-state index in [0.717, 1.165) is 0 Å². The maximum absolute atomic E-state index is 11.3. The van der Waals surface area contributed by atoms with E-state index in [1.807, 2.05) is 0 Å². The van der Waals surface area contributed by atoms with Gasteiger partial charge in [0.05, 0.1) is 13.1 Å². The molecular weight excluding hydrogens is 183 g/mol. The van der Waals surface area contributed by atoms with Gasteiger partial charge in [-0.2, -0.15) is 0 Å². The molecule has 0 radical (unpaired) electrons. The molecule has 0 aromatic heterocycles. The van der Waals surface area contributed by atoms with Crippen molar-refractivity contribution >= 4 is 17.6 Å². The molecule has 0 unspecified atom stereocenters. The Balaban J connectivity index is 0.000000845. The average molecular weight is 192 g/mol. The molecule has 66 valence electrons. The van der Waals surface area contributed by atoms with Crippen LogP contribution in [0.5, 0.6) is 0 Å². The molecule has 2 aliphatic rings. The monoisotopic (exact) mass is 192 g/mol. The number of aliphatic imine (C=N–C) groups is 2. The Hall–Kier alpha value is -0.390. The fraction of sp³-hybridized carbons (Fsp3) is 0.571. The second-order valence-electron chi connectivity index (χ2n) is 2.40. The first-order valence-electron chi connectivity index (χ1n) is 3.77. The van der Waals surface area contributed by atoms with Crippen LogP contribution in [0.2, 0.25) is 0 Å². The number of Topliss-reactive ketones (excluding diaryl/α,β-unsaturated/α-hetero) is 1. The number of nitrogens with zero attached hydrogens (tertiary/aromatic N) is 2. The molecule has 6 heteroatoms. The number of carbonyl (C=O) groups is 1. The fourth-order valence-electron chi connectivity index (χ4n) is 1.04. The summed E-state index contributed by atoms with van der Waals surface area (Å²) >= 11 is 0. The van der Waals surface area contributed by atoms with Crippen molar-refractivity contribution in [1.82, 2.24) is 0 Å². The molecule has 0 aliphatic carbocycles. The van der Waals surface area contributed by atoms with Crippen LogP contribution in [0, 0.1) is 0 Å². The third-order valence-electron chi connectivity index (χ3n) is 1.56. The van der Waals surface area contributed by atoms with Crippen LogP contribution in [0.1, 0.15) is 1.43 Å². The van der Waals surface area contributed by atoms with E-state index in [-0.39, 0.29) is 48.6 Å². The van der Waals surface area contributed by atoms with Gasteiger partial charge in [-0.1, -0.05) is 0 Å². The molecule has 0 saturated heterocycles. The van der Waals surface area contributed by atoms with E-state index in [1.54, 1.807) is 0 Å². The van der Waals surface area contributed by atoms with Crippen LogP contribution in [-0.4, -0.2) is 43.9 Å². The summed E-state index contributed by atoms with van der Waals surface area (Å²) in [6, 6.07) is 0. The third-order valence-corrected chi connectivity index (χ3v) is 1.56. The van der Waals surface area contributed by atoms with E-state index in [4.69, 9.17) is 9.47 Å². The molecule has 0 aromatic carbocycles. The molecule has 0 amide bonds. The second-order valence-corrected chi connectivity index (χ2v) is 2.40. The minimum absolute atomic E-state index is 0. The van der Waals surface area contributed by atoms with Gasteiger partial charge in [0, 0.05) is 0 Å². The van der Waals surface area contributed by atoms with Gasteiger partial charge in [-0.25, -0.2) is 9.98 Å². The van der Waals surface area contributed by atoms with Gasteiger partial charge in [0.25, 0.3) is 11.8 Å². The van der Waals surface area contributed by atoms with Gasteiger partial charge >= 0.3 is 35.3 Å². The van der Waals surface area contributed by atoms with Gasteiger partial charge in [0.2, 0.25) is 0 Å². The Kier molecular flexibility index (Phi) is 3.90. The molecule has 2 aliphatic heterocycles. The summed E-state index contributed by atoms with van der Waals surface area (Å²) in [5.74, 6) is -0.0590. The van der Waals surface area contributed by atoms with Crippen LogP contribution in [0.25, 0.3) is 0 Å². The van der Waals surface area contributed by atoms with Crippen LogP contribution >= 0.6 is 0 Å². The van der Waals surface area contributed by atoms with Crippen LogP contribution in [-0.2, 0) is 14.3 Å². The standard InChI is InChI=1S/C7H8N2O3.Na.H/c10-5(6-8-1-3-11-6)7-9-2-4-12-7;;/h1-4H2;;/q;+1;-1. The van der Waals surface area contributed by atoms with Gasteiger partial charge in [-0.15, -0.1) is 0 Å². The topological polar surface area (TPSA) is 60.2 Å². The summed E-state index contributed by atoms with van der Waals surface area (Å²) in [6.45, 7) is 2.06. The predicted octanol–water partition coefficient (Wildman–Crippen LogP) is -3.47. The Bertz CT molecular complexity index is 254. The van der Waals surface area contributed by atoms with Crippen molar-refractivity contribution < 1.29 is 45.3 Å². The Morgan fingerprint density at radius 3 is 1.92 bits per heavy atom. The van der Waals surface area contributed by atoms with E-state index in [0.29, 0.717) is 26.3 Å². The summed E-state index contributed by atoms with van der Waals surface area (Å²) in [5, 5.41) is 0. The molecule has 0 bridgehead atoms. The first-order valence-corrected chi connectivity index (χ1v) is 3.77. The zero-order valence-electron chi connectivity index (χ0n) is 8.45. The zero-order valence-corrected chi connectivity index (χ0v) is 9.45. The minimum Gasteiger partial charge on any atom is -1.00 e. The number of ketones is 1. The van der Waals surface area contributed by atoms with Crippen molar-refractivity contribution in [3.63, 3.8) is 0 Å². The van der Waals surface area contributed by atoms with Crippen LogP contribution in [0.3, 0.4) is 0 Å². The molecule has 2 heterocycles. The zero-order chi connectivity index (χ0) is 8.39. The number of rotatable bonds is 2. The summed E-state index contributed by atoms with van der Waals surface area (Å²) < 4.78 is 9.93. The van der Waals surface area contributed by atoms with Crippen molar-refractivity contribution in [3.05, 3.63) is 0 Å². The summed E-state index contributed by atoms with van der Waals surface area (Å²) in [6.07, 6.45) is 0. The van der Waals surface area contributed by atoms with Crippen molar-refractivity contribution in [2.45, 2.75) is 0 Å². The van der Waals surface area contributed by atoms with Crippen LogP contribution in [0.15, 0.2) is 9.98 Å². The summed E-state index contributed by atoms with van der Waals surface area (Å²) in [7, 11) is 0. The molecular formula is C7H9N2NaO3. The SMILES string of the molecule is O=C(C1=NCCO1)C1=NCCO1.[H-].[Na+]. The van der Waals surface area contributed by atoms with Crippen molar-refractivity contribution in [2.24, 2.45) is 9.98 Å². The normalized spacial score (nSPS) is 19.4. The Morgan fingerprint density at radius 1 is 1.15 bits per heavy atom. The number of carbonyl (C=O) groups excluding carboxylic acids is 1. The van der Waals surface area contributed by atoms with E-state index >= 15 is 0 Å². The maximum atomic E-state index is 11.3. The fourth-order valence-corrected chi connectivity index (χ4v) is 1.04. The van der Waals surface area contributed by atoms with Gasteiger partial charge < -0.3 is 10.9 Å². The molecule has 0 fully saturated rings. The van der Waals surface area contributed by atoms with Gasteiger partial charge in [0.1, 0.15) is 13.2 Å². The van der Waals surface area contributed by atoms with Crippen molar-refractivity contribution in [1.29, 1.82) is 0 Å². The predicted molar refractivity (Wildman–Crippen MR) is 42.6 cm³/mol. The van der Waals surface area contributed by atoms with E-state index in [1.165, 1.54) is 0 Å². The quantitative estimate of drug-likeness (QED) is 0.427. The van der Waals surface area contributed by atoms with Gasteiger partial charge in [-0.3, -0.25) is 4.79 Å². The van der Waals surface area contributed by atoms with E-state index < -0.39 is 0 Å². The van der Waals surface area contributed by atoms with E-state index in [9.17, 15) is 4.79 Å². The van der Waals surface area contributed by atoms with Crippen molar-refractivity contribution in [2.75, 3.05) is 26.3 Å². The smallest absolute Gasteiger partial charge is 1.00 e. The second kappa shape index (κ2) is 4.74. The maximum Gasteiger partial charge on any atom is 1.00 e. The molecule has 13 heavy (non-hydrogen) atoms. The first-order chi connectivity index (χ1) is 5.88. The first kappa shape index (κ1) is 10.7. The summed E-state index contributed by atoms with van der Waals surface area (Å²) in [4.78, 5) is 19.1. The van der Waals surface area contributed by atoms with Crippen molar-refractivity contribution in [3.8, 4) is 0 Å². The minimum atomic E-state index is -0.329. The van der Waals surface area contributed by atoms with Gasteiger partial charge in [0.15, 0.2) is 0 Å². The Morgan fingerprint density at radius 2 is 1.62 bits per heavy atom. The molecule has 0 N–H and O–H groups in total. The average Bonchev–Trinajstić information content (AvgIpc) is 2.77. The number of hydrogen-bond donors (Lipinski definition) is 0. The molecule has 5 nitrogen and oxygen atoms in total. The van der Waals surface area contributed by atoms with Crippen LogP contribution < -0.4 is 29.6 Å². The molecule has 2 rings (SSSR count). The van der Waals surface area contributed by atoms with Gasteiger partial charge in [-0.05, 0) is 0 Å². The van der Waals surface area contributed by atoms with Crippen LogP contribution in [0.4, 0.5) is 0 Å². The third kappa shape index (κ3) is 2.30. The number of hydrogen-bond acceptors (Lipinski definition) is 5. The Labute approximate surface area is 99.0 Å². The molecule has 0 spiro atoms. The summed E-state index contributed by atoms with van der Waals surface area (Å²) in [5.41, 5.74) is 0.